The van der Waals surface area contributed by atoms with Gasteiger partial charge in [-0.1, -0.05) is 0 Å². The van der Waals surface area contributed by atoms with Gasteiger partial charge in [-0.05, 0) is 0 Å². The van der Waals surface area contributed by atoms with Crippen LogP contribution in [0.25, 0.3) is 5.82 Å². The summed E-state index contributed by atoms with van der Waals surface area (Å²) in [5.41, 5.74) is 1.08. The van der Waals surface area contributed by atoms with Gasteiger partial charge < -0.3 is 0 Å². The van der Waals surface area contributed by atoms with Crippen molar-refractivity contribution in [2.45, 2.75) is 85.6 Å². The normalized spacial score (nSPS) is 12.6. The molecule has 0 bridgehead atoms. The predicted molar refractivity (Wildman–Crippen MR) is 147 cm³/mol. The Bertz CT molecular complexity index is 997. The Balaban J connectivity index is 1.78. The maximum absolute atomic E-state index is 13.3. The third kappa shape index (κ3) is 7.05. The zero-order valence-corrected chi connectivity index (χ0v) is 25.0. The van der Waals surface area contributed by atoms with Crippen LogP contribution < -0.4 is 8.48 Å². The van der Waals surface area contributed by atoms with Gasteiger partial charge in [-0.25, -0.2) is 4.39 Å². The van der Waals surface area contributed by atoms with Gasteiger partial charge in [0.15, 0.2) is 5.82 Å². The molecule has 0 saturated heterocycles. The van der Waals surface area contributed by atoms with E-state index in [2.05, 4.69) is 68.1 Å². The van der Waals surface area contributed by atoms with Crippen molar-refractivity contribution in [3.63, 3.8) is 0 Å². The molecule has 5 nitrogen and oxygen atoms in total. The summed E-state index contributed by atoms with van der Waals surface area (Å²) in [6.45, 7) is 9.13. The monoisotopic (exact) mass is 587 g/mol. The zero-order chi connectivity index (χ0) is 25.3. The van der Waals surface area contributed by atoms with Crippen molar-refractivity contribution in [1.82, 2.24) is 19.7 Å². The Labute approximate surface area is 215 Å². The van der Waals surface area contributed by atoms with Crippen molar-refractivity contribution in [3.8, 4) is 5.82 Å². The zero-order valence-electron chi connectivity index (χ0n) is 22.2. The second kappa shape index (κ2) is 13.4. The predicted octanol–water partition coefficient (Wildman–Crippen LogP) is 7.05. The fraction of sp³-hybridized carbons (Fsp3) is 0.536. The molecular weight excluding hydrogens is 544 g/mol. The third-order valence-corrected chi connectivity index (χ3v) is 22.9. The van der Waals surface area contributed by atoms with Crippen LogP contribution in [-0.2, 0) is 0 Å². The van der Waals surface area contributed by atoms with Crippen LogP contribution in [0, 0.1) is 5.82 Å². The van der Waals surface area contributed by atoms with Gasteiger partial charge >= 0.3 is 199 Å². The van der Waals surface area contributed by atoms with Gasteiger partial charge in [-0.3, -0.25) is 0 Å². The van der Waals surface area contributed by atoms with E-state index in [1.165, 1.54) is 68.9 Å². The van der Waals surface area contributed by atoms with Crippen molar-refractivity contribution in [3.05, 3.63) is 60.4 Å². The molecule has 3 aromatic heterocycles. The average molecular weight is 586 g/mol. The molecule has 0 aliphatic heterocycles. The van der Waals surface area contributed by atoms with Crippen molar-refractivity contribution < 1.29 is 4.39 Å². The van der Waals surface area contributed by atoms with Gasteiger partial charge in [0.2, 0.25) is 0 Å². The molecule has 0 radical (unpaired) electrons. The van der Waals surface area contributed by atoms with Crippen molar-refractivity contribution >= 4 is 27.8 Å². The van der Waals surface area contributed by atoms with E-state index in [0.29, 0.717) is 5.82 Å². The first kappa shape index (κ1) is 27.6. The molecule has 0 spiro atoms. The van der Waals surface area contributed by atoms with Crippen molar-refractivity contribution in [2.24, 2.45) is 0 Å². The molecule has 190 valence electrons. The molecule has 3 rings (SSSR count). The first-order valence-electron chi connectivity index (χ1n) is 13.3. The molecule has 3 aromatic rings. The Hall–Kier alpha value is -1.96. The van der Waals surface area contributed by atoms with Crippen LogP contribution in [0.5, 0.6) is 0 Å². The SMILES string of the molecule is CCC[CH2][Sn]([CH2]CCC)([CH2]CCC)[c]1ccc(N(C)[C@@H](C)c2ccc(-n3cc(F)cn3)nc2)nc1. The summed E-state index contributed by atoms with van der Waals surface area (Å²) in [5.74, 6) is 1.22. The van der Waals surface area contributed by atoms with E-state index in [-0.39, 0.29) is 11.9 Å². The first-order valence-corrected chi connectivity index (χ1v) is 20.8. The Morgan fingerprint density at radius 2 is 1.54 bits per heavy atom. The summed E-state index contributed by atoms with van der Waals surface area (Å²) in [4.78, 5) is 11.7. The van der Waals surface area contributed by atoms with E-state index >= 15 is 0 Å². The van der Waals surface area contributed by atoms with Gasteiger partial charge in [0.25, 0.3) is 0 Å². The van der Waals surface area contributed by atoms with E-state index in [0.717, 1.165) is 11.4 Å². The fourth-order valence-corrected chi connectivity index (χ4v) is 20.5. The van der Waals surface area contributed by atoms with Crippen LogP contribution in [0.1, 0.15) is 77.8 Å². The van der Waals surface area contributed by atoms with Crippen LogP contribution in [0.2, 0.25) is 13.3 Å². The van der Waals surface area contributed by atoms with Crippen LogP contribution in [0.3, 0.4) is 0 Å². The summed E-state index contributed by atoms with van der Waals surface area (Å²) < 4.78 is 20.7. The molecular formula is C28H42FN5Sn. The Kier molecular flexibility index (Phi) is 10.6. The summed E-state index contributed by atoms with van der Waals surface area (Å²) in [6, 6.07) is 8.66. The second-order valence-corrected chi connectivity index (χ2v) is 23.1. The van der Waals surface area contributed by atoms with Gasteiger partial charge in [-0.15, -0.1) is 0 Å². The number of rotatable bonds is 14. The molecule has 7 heteroatoms. The van der Waals surface area contributed by atoms with Gasteiger partial charge in [0, 0.05) is 0 Å². The van der Waals surface area contributed by atoms with Gasteiger partial charge in [-0.2, -0.15) is 0 Å². The average Bonchev–Trinajstić information content (AvgIpc) is 3.34. The van der Waals surface area contributed by atoms with Crippen LogP contribution in [0.15, 0.2) is 49.1 Å². The van der Waals surface area contributed by atoms with Crippen LogP contribution >= 0.6 is 0 Å². The van der Waals surface area contributed by atoms with E-state index in [4.69, 9.17) is 4.98 Å². The van der Waals surface area contributed by atoms with Gasteiger partial charge in [0.1, 0.15) is 0 Å². The fourth-order valence-electron chi connectivity index (χ4n) is 4.89. The quantitative estimate of drug-likeness (QED) is 0.190. The number of aromatic nitrogens is 4. The molecule has 0 saturated carbocycles. The molecule has 0 unspecified atom stereocenters. The summed E-state index contributed by atoms with van der Waals surface area (Å²) in [6.07, 6.45) is 14.5. The molecule has 1 atom stereocenters. The number of anilines is 1. The molecule has 0 aliphatic rings. The number of hydrogen-bond donors (Lipinski definition) is 0. The summed E-state index contributed by atoms with van der Waals surface area (Å²) in [5, 5.41) is 3.99. The number of halogens is 1. The first-order chi connectivity index (χ1) is 16.9. The second-order valence-electron chi connectivity index (χ2n) is 9.84. The van der Waals surface area contributed by atoms with E-state index < -0.39 is 18.4 Å². The molecule has 3 heterocycles. The van der Waals surface area contributed by atoms with Crippen LogP contribution in [-0.4, -0.2) is 45.2 Å². The minimum absolute atomic E-state index is 0.109. The molecule has 0 fully saturated rings. The maximum atomic E-state index is 13.3. The third-order valence-electron chi connectivity index (χ3n) is 7.37. The number of pyridine rings is 2. The van der Waals surface area contributed by atoms with E-state index in [1.54, 1.807) is 3.58 Å². The Morgan fingerprint density at radius 3 is 2.00 bits per heavy atom. The molecule has 0 amide bonds. The van der Waals surface area contributed by atoms with Gasteiger partial charge in [0.05, 0.1) is 6.20 Å². The number of hydrogen-bond acceptors (Lipinski definition) is 4. The van der Waals surface area contributed by atoms with E-state index in [9.17, 15) is 4.39 Å². The number of nitrogens with zero attached hydrogens (tertiary/aromatic N) is 5. The molecule has 35 heavy (non-hydrogen) atoms. The van der Waals surface area contributed by atoms with E-state index in [1.807, 2.05) is 18.3 Å². The number of unbranched alkanes of at least 4 members (excludes halogenated alkanes) is 3. The topological polar surface area (TPSA) is 46.8 Å². The molecule has 0 aromatic carbocycles. The van der Waals surface area contributed by atoms with Crippen molar-refractivity contribution in [2.75, 3.05) is 11.9 Å². The molecule has 0 N–H and O–H groups in total. The standard InChI is InChI=1S/C16H15FN5.3C4H9.Sn/c1-12(21(2)15-5-3-4-8-18-15)13-6-7-16(19-9-13)22-11-14(17)10-20-22;3*1-3-4-2;/h3,5-12H,1-2H3;3*1,3-4H2,2H3;/t12-;;;;/m0..../s1. The Morgan fingerprint density at radius 1 is 0.886 bits per heavy atom. The minimum atomic E-state index is -2.46. The summed E-state index contributed by atoms with van der Waals surface area (Å²) in [7, 11) is 2.09. The van der Waals surface area contributed by atoms with Crippen molar-refractivity contribution in [1.29, 1.82) is 0 Å². The summed E-state index contributed by atoms with van der Waals surface area (Å²) >= 11 is -2.46. The van der Waals surface area contributed by atoms with Crippen LogP contribution in [0.4, 0.5) is 10.2 Å². The molecule has 0 aliphatic carbocycles.